The molecule has 0 unspecified atom stereocenters. The predicted octanol–water partition coefficient (Wildman–Crippen LogP) is 7.16. The number of hydrogen-bond donors (Lipinski definition) is 0. The first kappa shape index (κ1) is 15.5. The van der Waals surface area contributed by atoms with Crippen LogP contribution in [0.4, 0.5) is 0 Å². The summed E-state index contributed by atoms with van der Waals surface area (Å²) >= 11 is 0. The average Bonchev–Trinajstić information content (AvgIpc) is 3.26. The normalized spacial score (nSPS) is 11.9. The highest BCUT2D eigenvalue weighted by Gasteiger charge is 2.14. The lowest BCUT2D eigenvalue weighted by molar-refractivity contribution is 0.665. The number of aromatic nitrogens is 1. The first-order valence-corrected chi connectivity index (χ1v) is 9.39. The molecule has 0 bridgehead atoms. The van der Waals surface area contributed by atoms with E-state index in [0.29, 0.717) is 0 Å². The third-order valence-electron chi connectivity index (χ3n) is 5.58. The fourth-order valence-electron chi connectivity index (χ4n) is 4.17. The molecule has 0 amide bonds. The zero-order chi connectivity index (χ0) is 18.8. The molecule has 0 spiro atoms. The molecule has 3 heteroatoms. The van der Waals surface area contributed by atoms with E-state index in [9.17, 15) is 0 Å². The summed E-state index contributed by atoms with van der Waals surface area (Å²) in [7, 11) is 0. The van der Waals surface area contributed by atoms with Crippen LogP contribution in [-0.2, 0) is 0 Å². The van der Waals surface area contributed by atoms with Crippen molar-refractivity contribution in [1.82, 2.24) is 4.98 Å². The van der Waals surface area contributed by atoms with Gasteiger partial charge in [0.25, 0.3) is 0 Å². The minimum Gasteiger partial charge on any atom is -0.456 e. The van der Waals surface area contributed by atoms with Gasteiger partial charge in [-0.3, -0.25) is 4.98 Å². The van der Waals surface area contributed by atoms with Gasteiger partial charge in [-0.05, 0) is 72.5 Å². The van der Waals surface area contributed by atoms with Crippen molar-refractivity contribution in [1.29, 1.82) is 0 Å². The van der Waals surface area contributed by atoms with Crippen LogP contribution in [0, 0.1) is 13.8 Å². The van der Waals surface area contributed by atoms with Gasteiger partial charge in [-0.15, -0.1) is 0 Å². The number of para-hydroxylation sites is 1. The van der Waals surface area contributed by atoms with E-state index in [0.717, 1.165) is 60.7 Å². The fourth-order valence-corrected chi connectivity index (χ4v) is 4.17. The number of furan rings is 2. The summed E-state index contributed by atoms with van der Waals surface area (Å²) in [6.07, 6.45) is 1.80. The topological polar surface area (TPSA) is 39.2 Å². The molecular formula is C25H17NO2. The second kappa shape index (κ2) is 5.46. The van der Waals surface area contributed by atoms with Gasteiger partial charge < -0.3 is 8.83 Å². The summed E-state index contributed by atoms with van der Waals surface area (Å²) in [6, 6.07) is 20.9. The Labute approximate surface area is 161 Å². The summed E-state index contributed by atoms with van der Waals surface area (Å²) in [4.78, 5) is 4.48. The molecule has 0 saturated carbocycles. The molecule has 0 fully saturated rings. The Balaban J connectivity index is 1.60. The van der Waals surface area contributed by atoms with Gasteiger partial charge in [-0.25, -0.2) is 0 Å². The van der Waals surface area contributed by atoms with E-state index in [1.165, 1.54) is 5.56 Å². The van der Waals surface area contributed by atoms with Crippen molar-refractivity contribution in [3.63, 3.8) is 0 Å². The summed E-state index contributed by atoms with van der Waals surface area (Å²) in [6.45, 7) is 4.21. The van der Waals surface area contributed by atoms with E-state index in [2.05, 4.69) is 67.4 Å². The van der Waals surface area contributed by atoms with Crippen molar-refractivity contribution < 1.29 is 8.83 Å². The SMILES string of the molecule is Cc1cc2c(cc1-c1ccc3c(c1)oc1c(C)cccc13)oc1cccnc12. The third kappa shape index (κ3) is 2.07. The smallest absolute Gasteiger partial charge is 0.153 e. The molecule has 6 aromatic rings. The van der Waals surface area contributed by atoms with Crippen LogP contribution >= 0.6 is 0 Å². The lowest BCUT2D eigenvalue weighted by atomic mass is 9.97. The molecule has 0 radical (unpaired) electrons. The molecule has 3 heterocycles. The summed E-state index contributed by atoms with van der Waals surface area (Å²) in [5, 5.41) is 3.36. The van der Waals surface area contributed by atoms with Crippen molar-refractivity contribution >= 4 is 44.0 Å². The molecule has 3 aromatic carbocycles. The summed E-state index contributed by atoms with van der Waals surface area (Å²) < 4.78 is 12.2. The Kier molecular flexibility index (Phi) is 3.01. The number of aryl methyl sites for hydroxylation is 2. The Morgan fingerprint density at radius 3 is 2.50 bits per heavy atom. The van der Waals surface area contributed by atoms with Gasteiger partial charge >= 0.3 is 0 Å². The highest BCUT2D eigenvalue weighted by Crippen LogP contribution is 2.37. The first-order valence-electron chi connectivity index (χ1n) is 9.39. The predicted molar refractivity (Wildman–Crippen MR) is 114 cm³/mol. The van der Waals surface area contributed by atoms with Crippen LogP contribution in [0.2, 0.25) is 0 Å². The average molecular weight is 363 g/mol. The first-order chi connectivity index (χ1) is 13.7. The van der Waals surface area contributed by atoms with Crippen LogP contribution in [0.3, 0.4) is 0 Å². The van der Waals surface area contributed by atoms with Crippen LogP contribution in [0.15, 0.2) is 75.7 Å². The lowest BCUT2D eigenvalue weighted by Crippen LogP contribution is -1.84. The van der Waals surface area contributed by atoms with Crippen LogP contribution < -0.4 is 0 Å². The van der Waals surface area contributed by atoms with E-state index in [4.69, 9.17) is 8.83 Å². The molecule has 0 atom stereocenters. The number of hydrogen-bond acceptors (Lipinski definition) is 3. The maximum atomic E-state index is 6.19. The Hall–Kier alpha value is -3.59. The summed E-state index contributed by atoms with van der Waals surface area (Å²) in [5.74, 6) is 0. The van der Waals surface area contributed by atoms with Crippen LogP contribution in [0.5, 0.6) is 0 Å². The van der Waals surface area contributed by atoms with Crippen molar-refractivity contribution in [2.45, 2.75) is 13.8 Å². The van der Waals surface area contributed by atoms with Crippen molar-refractivity contribution in [2.24, 2.45) is 0 Å². The quantitative estimate of drug-likeness (QED) is 0.311. The van der Waals surface area contributed by atoms with Gasteiger partial charge in [0.15, 0.2) is 5.58 Å². The molecule has 0 N–H and O–H groups in total. The standard InChI is InChI=1S/C25H17NO2/c1-14-5-3-6-18-17-9-8-16(12-22(17)28-25(14)18)19-13-23-20(11-15(19)2)24-21(27-23)7-4-10-26-24/h3-13H,1-2H3. The number of rotatable bonds is 1. The zero-order valence-corrected chi connectivity index (χ0v) is 15.6. The fraction of sp³-hybridized carbons (Fsp3) is 0.0800. The molecule has 3 nitrogen and oxygen atoms in total. The Bertz CT molecular complexity index is 1530. The summed E-state index contributed by atoms with van der Waals surface area (Å²) in [5.41, 5.74) is 9.07. The largest absolute Gasteiger partial charge is 0.456 e. The van der Waals surface area contributed by atoms with Gasteiger partial charge in [0, 0.05) is 22.4 Å². The van der Waals surface area contributed by atoms with Gasteiger partial charge in [-0.1, -0.05) is 24.3 Å². The lowest BCUT2D eigenvalue weighted by Gasteiger charge is -2.06. The molecule has 0 saturated heterocycles. The highest BCUT2D eigenvalue weighted by molar-refractivity contribution is 6.08. The Morgan fingerprint density at radius 2 is 1.57 bits per heavy atom. The van der Waals surface area contributed by atoms with Gasteiger partial charge in [-0.2, -0.15) is 0 Å². The van der Waals surface area contributed by atoms with E-state index in [1.807, 2.05) is 12.1 Å². The zero-order valence-electron chi connectivity index (χ0n) is 15.6. The minimum absolute atomic E-state index is 0.817. The van der Waals surface area contributed by atoms with Crippen LogP contribution in [0.25, 0.3) is 55.1 Å². The van der Waals surface area contributed by atoms with Gasteiger partial charge in [0.2, 0.25) is 0 Å². The minimum atomic E-state index is 0.817. The van der Waals surface area contributed by atoms with Gasteiger partial charge in [0.1, 0.15) is 22.3 Å². The number of nitrogens with zero attached hydrogens (tertiary/aromatic N) is 1. The number of benzene rings is 3. The molecule has 28 heavy (non-hydrogen) atoms. The van der Waals surface area contributed by atoms with Crippen molar-refractivity contribution in [3.05, 3.63) is 78.0 Å². The molecule has 0 aliphatic rings. The molecule has 6 rings (SSSR count). The van der Waals surface area contributed by atoms with E-state index >= 15 is 0 Å². The Morgan fingerprint density at radius 1 is 0.679 bits per heavy atom. The highest BCUT2D eigenvalue weighted by atomic mass is 16.3. The third-order valence-corrected chi connectivity index (χ3v) is 5.58. The second-order valence-electron chi connectivity index (χ2n) is 7.38. The molecule has 3 aromatic heterocycles. The second-order valence-corrected chi connectivity index (χ2v) is 7.38. The van der Waals surface area contributed by atoms with E-state index in [-0.39, 0.29) is 0 Å². The van der Waals surface area contributed by atoms with Crippen LogP contribution in [-0.4, -0.2) is 4.98 Å². The van der Waals surface area contributed by atoms with Crippen molar-refractivity contribution in [2.75, 3.05) is 0 Å². The maximum absolute atomic E-state index is 6.19. The molecule has 134 valence electrons. The molecule has 0 aliphatic carbocycles. The van der Waals surface area contributed by atoms with E-state index < -0.39 is 0 Å². The number of pyridine rings is 1. The maximum Gasteiger partial charge on any atom is 0.153 e. The van der Waals surface area contributed by atoms with Crippen molar-refractivity contribution in [3.8, 4) is 11.1 Å². The molecule has 0 aliphatic heterocycles. The van der Waals surface area contributed by atoms with E-state index in [1.54, 1.807) is 6.20 Å². The van der Waals surface area contributed by atoms with Crippen LogP contribution in [0.1, 0.15) is 11.1 Å². The number of fused-ring (bicyclic) bond motifs is 6. The monoisotopic (exact) mass is 363 g/mol. The molecular weight excluding hydrogens is 346 g/mol. The van der Waals surface area contributed by atoms with Gasteiger partial charge in [0.05, 0.1) is 0 Å².